The van der Waals surface area contributed by atoms with Crippen LogP contribution in [0.25, 0.3) is 11.1 Å². The lowest BCUT2D eigenvalue weighted by Crippen LogP contribution is -2.17. The molecule has 0 bridgehead atoms. The van der Waals surface area contributed by atoms with Crippen molar-refractivity contribution < 1.29 is 0 Å². The van der Waals surface area contributed by atoms with E-state index in [1.807, 2.05) is 0 Å². The minimum absolute atomic E-state index is 0.392. The van der Waals surface area contributed by atoms with Crippen molar-refractivity contribution >= 4 is 31.1 Å². The van der Waals surface area contributed by atoms with E-state index in [0.717, 1.165) is 6.42 Å². The summed E-state index contributed by atoms with van der Waals surface area (Å²) in [4.78, 5) is 0. The van der Waals surface area contributed by atoms with Crippen molar-refractivity contribution in [3.05, 3.63) is 114 Å². The average molecular weight is 455 g/mol. The third-order valence-corrected chi connectivity index (χ3v) is 14.0. The summed E-state index contributed by atoms with van der Waals surface area (Å²) in [6.07, 6.45) is 2.26. The van der Waals surface area contributed by atoms with Crippen LogP contribution in [-0.2, 0) is 6.42 Å². The molecule has 0 aromatic heterocycles. The van der Waals surface area contributed by atoms with E-state index in [0.29, 0.717) is 0 Å². The molecule has 0 heterocycles. The highest BCUT2D eigenvalue weighted by Gasteiger charge is 2.27. The first kappa shape index (κ1) is 22.9. The first-order chi connectivity index (χ1) is 15.6. The zero-order valence-corrected chi connectivity index (χ0v) is 21.3. The van der Waals surface area contributed by atoms with E-state index in [-0.39, 0.29) is 0 Å². The molecule has 0 aliphatic rings. The lowest BCUT2D eigenvalue weighted by Gasteiger charge is -2.31. The molecule has 2 heteroatoms. The van der Waals surface area contributed by atoms with Gasteiger partial charge in [-0.3, -0.25) is 0 Å². The van der Waals surface area contributed by atoms with Crippen molar-refractivity contribution in [3.8, 4) is 11.1 Å². The minimum Gasteiger partial charge on any atom is -0.0622 e. The summed E-state index contributed by atoms with van der Waals surface area (Å²) in [7, 11) is -0.863. The summed E-state index contributed by atoms with van der Waals surface area (Å²) in [5.41, 5.74) is 6.97. The maximum Gasteiger partial charge on any atom is -0.00713 e. The average Bonchev–Trinajstić information content (AvgIpc) is 2.84. The first-order valence-electron chi connectivity index (χ1n) is 11.5. The highest BCUT2D eigenvalue weighted by Crippen LogP contribution is 2.67. The van der Waals surface area contributed by atoms with Gasteiger partial charge < -0.3 is 0 Å². The summed E-state index contributed by atoms with van der Waals surface area (Å²) in [6, 6.07) is 36.5. The Hall–Kier alpha value is -2.26. The zero-order chi connectivity index (χ0) is 22.5. The molecule has 4 aromatic carbocycles. The third-order valence-electron chi connectivity index (χ3n) is 6.07. The zero-order valence-electron chi connectivity index (χ0n) is 19.5. The molecule has 0 fully saturated rings. The molecule has 0 saturated heterocycles. The minimum atomic E-state index is -0.472. The summed E-state index contributed by atoms with van der Waals surface area (Å²) < 4.78 is 0. The van der Waals surface area contributed by atoms with Gasteiger partial charge in [0, 0.05) is 0 Å². The Bertz CT molecular complexity index is 1160. The SMILES string of the molecule is CCc1ccc([P@](c2ccccc2)P(CC)c2cccc(C)c2-c2ccccc2C)cc1. The van der Waals surface area contributed by atoms with Crippen molar-refractivity contribution in [2.45, 2.75) is 34.1 Å². The van der Waals surface area contributed by atoms with Crippen LogP contribution in [0.3, 0.4) is 0 Å². The van der Waals surface area contributed by atoms with Gasteiger partial charge in [-0.05, 0) is 85.4 Å². The quantitative estimate of drug-likeness (QED) is 0.251. The number of aryl methyl sites for hydroxylation is 3. The lowest BCUT2D eigenvalue weighted by molar-refractivity contribution is 1.14. The predicted molar refractivity (Wildman–Crippen MR) is 147 cm³/mol. The van der Waals surface area contributed by atoms with Gasteiger partial charge in [0.25, 0.3) is 0 Å². The van der Waals surface area contributed by atoms with Gasteiger partial charge in [-0.25, -0.2) is 0 Å². The first-order valence-corrected chi connectivity index (χ1v) is 15.1. The summed E-state index contributed by atoms with van der Waals surface area (Å²) >= 11 is 0. The van der Waals surface area contributed by atoms with Gasteiger partial charge in [0.05, 0.1) is 0 Å². The van der Waals surface area contributed by atoms with Gasteiger partial charge >= 0.3 is 0 Å². The van der Waals surface area contributed by atoms with E-state index in [2.05, 4.69) is 125 Å². The molecule has 0 N–H and O–H groups in total. The molecule has 0 aliphatic heterocycles. The Kier molecular flexibility index (Phi) is 7.57. The molecule has 0 saturated carbocycles. The van der Waals surface area contributed by atoms with Crippen molar-refractivity contribution in [1.29, 1.82) is 0 Å². The van der Waals surface area contributed by atoms with Gasteiger partial charge in [0.1, 0.15) is 0 Å². The molecule has 0 radical (unpaired) electrons. The van der Waals surface area contributed by atoms with E-state index in [4.69, 9.17) is 0 Å². The van der Waals surface area contributed by atoms with E-state index < -0.39 is 15.2 Å². The van der Waals surface area contributed by atoms with Gasteiger partial charge in [-0.15, -0.1) is 0 Å². The molecule has 0 spiro atoms. The van der Waals surface area contributed by atoms with Crippen molar-refractivity contribution in [1.82, 2.24) is 0 Å². The number of hydrogen-bond acceptors (Lipinski definition) is 0. The van der Waals surface area contributed by atoms with Crippen LogP contribution in [0, 0.1) is 13.8 Å². The second-order valence-electron chi connectivity index (χ2n) is 8.17. The Morgan fingerprint density at radius 2 is 1.22 bits per heavy atom. The number of benzene rings is 4. The second-order valence-corrected chi connectivity index (χ2v) is 14.4. The molecule has 0 amide bonds. The van der Waals surface area contributed by atoms with Crippen LogP contribution in [0.15, 0.2) is 97.1 Å². The predicted octanol–water partition coefficient (Wildman–Crippen LogP) is 7.71. The molecular weight excluding hydrogens is 422 g/mol. The molecule has 32 heavy (non-hydrogen) atoms. The smallest absolute Gasteiger partial charge is 0.00713 e. The molecular formula is C30H32P2. The van der Waals surface area contributed by atoms with Crippen LogP contribution in [0.2, 0.25) is 0 Å². The molecule has 2 atom stereocenters. The van der Waals surface area contributed by atoms with Crippen molar-refractivity contribution in [2.24, 2.45) is 0 Å². The molecule has 0 nitrogen and oxygen atoms in total. The van der Waals surface area contributed by atoms with E-state index in [1.165, 1.54) is 44.6 Å². The normalized spacial score (nSPS) is 13.0. The van der Waals surface area contributed by atoms with Crippen LogP contribution in [0.4, 0.5) is 0 Å². The maximum absolute atomic E-state index is 2.41. The largest absolute Gasteiger partial charge is 0.0622 e. The molecule has 0 aliphatic carbocycles. The fourth-order valence-electron chi connectivity index (χ4n) is 4.36. The van der Waals surface area contributed by atoms with Crippen LogP contribution in [0.1, 0.15) is 30.5 Å². The van der Waals surface area contributed by atoms with Gasteiger partial charge in [0.2, 0.25) is 0 Å². The fraction of sp³-hybridized carbons (Fsp3) is 0.200. The highest BCUT2D eigenvalue weighted by molar-refractivity contribution is 8.38. The standard InChI is InChI=1S/C30H32P2/c1-5-25-19-21-27(22-20-25)32(26-15-8-7-9-16-26)31(6-2)29-18-12-14-24(4)30(29)28-17-11-10-13-23(28)3/h7-22H,5-6H2,1-4H3/t31?,32-/m0/s1. The molecule has 4 rings (SSSR count). The molecule has 1 unspecified atom stereocenters. The molecule has 4 aromatic rings. The van der Waals surface area contributed by atoms with E-state index >= 15 is 0 Å². The fourth-order valence-corrected chi connectivity index (χ4v) is 12.2. The topological polar surface area (TPSA) is 0 Å². The van der Waals surface area contributed by atoms with E-state index in [1.54, 1.807) is 5.30 Å². The van der Waals surface area contributed by atoms with E-state index in [9.17, 15) is 0 Å². The summed E-state index contributed by atoms with van der Waals surface area (Å²) in [6.45, 7) is 9.13. The van der Waals surface area contributed by atoms with Gasteiger partial charge in [0.15, 0.2) is 0 Å². The van der Waals surface area contributed by atoms with Crippen LogP contribution in [0.5, 0.6) is 0 Å². The Labute approximate surface area is 196 Å². The monoisotopic (exact) mass is 454 g/mol. The van der Waals surface area contributed by atoms with Crippen LogP contribution in [-0.4, -0.2) is 6.16 Å². The summed E-state index contributed by atoms with van der Waals surface area (Å²) in [5, 5.41) is 4.52. The van der Waals surface area contributed by atoms with Crippen molar-refractivity contribution in [2.75, 3.05) is 6.16 Å². The Balaban J connectivity index is 1.92. The Morgan fingerprint density at radius 3 is 1.88 bits per heavy atom. The molecule has 162 valence electrons. The van der Waals surface area contributed by atoms with Crippen molar-refractivity contribution in [3.63, 3.8) is 0 Å². The Morgan fingerprint density at radius 1 is 0.594 bits per heavy atom. The third kappa shape index (κ3) is 4.73. The maximum atomic E-state index is 2.41. The second kappa shape index (κ2) is 10.6. The highest BCUT2D eigenvalue weighted by atomic mass is 32.1. The van der Waals surface area contributed by atoms with Crippen LogP contribution < -0.4 is 15.9 Å². The summed E-state index contributed by atoms with van der Waals surface area (Å²) in [5.74, 6) is 0. The van der Waals surface area contributed by atoms with Gasteiger partial charge in [-0.2, -0.15) is 0 Å². The number of rotatable bonds is 7. The van der Waals surface area contributed by atoms with Gasteiger partial charge in [-0.1, -0.05) is 111 Å². The van der Waals surface area contributed by atoms with Crippen LogP contribution >= 0.6 is 15.2 Å². The lowest BCUT2D eigenvalue weighted by atomic mass is 9.97. The number of hydrogen-bond donors (Lipinski definition) is 0.